The third kappa shape index (κ3) is 4.13. The molecule has 2 unspecified atom stereocenters. The summed E-state index contributed by atoms with van der Waals surface area (Å²) in [5.74, 6) is 1.33. The summed E-state index contributed by atoms with van der Waals surface area (Å²) in [7, 11) is 0. The quantitative estimate of drug-likeness (QED) is 0.815. The van der Waals surface area contributed by atoms with Crippen molar-refractivity contribution in [2.75, 3.05) is 13.1 Å². The number of benzene rings is 1. The van der Waals surface area contributed by atoms with Gasteiger partial charge in [0.15, 0.2) is 0 Å². The van der Waals surface area contributed by atoms with E-state index in [0.717, 1.165) is 37.5 Å². The van der Waals surface area contributed by atoms with Crippen LogP contribution >= 0.6 is 11.6 Å². The monoisotopic (exact) mass is 329 g/mol. The summed E-state index contributed by atoms with van der Waals surface area (Å²) in [4.78, 5) is 14.6. The first kappa shape index (κ1) is 16.5. The lowest BCUT2D eigenvalue weighted by Crippen LogP contribution is -2.45. The minimum Gasteiger partial charge on any atom is -0.300 e. The molecule has 0 bridgehead atoms. The lowest BCUT2D eigenvalue weighted by molar-refractivity contribution is -0.125. The molecule has 0 saturated carbocycles. The van der Waals surface area contributed by atoms with Crippen LogP contribution in [0.3, 0.4) is 0 Å². The second-order valence-electron chi connectivity index (χ2n) is 6.74. The smallest absolute Gasteiger partial charge is 0.133 e. The molecule has 3 rings (SSSR count). The van der Waals surface area contributed by atoms with Crippen LogP contribution in [0.25, 0.3) is 0 Å². The molecule has 1 aromatic rings. The van der Waals surface area contributed by atoms with Gasteiger partial charge < -0.3 is 0 Å². The van der Waals surface area contributed by atoms with Crippen LogP contribution in [0.1, 0.15) is 25.3 Å². The molecule has 1 fully saturated rings. The first-order valence-corrected chi connectivity index (χ1v) is 8.82. The number of nitrogens with zero attached hydrogens (tertiary/aromatic N) is 1. The number of hydrogen-bond donors (Lipinski definition) is 0. The highest BCUT2D eigenvalue weighted by molar-refractivity contribution is 6.31. The highest BCUT2D eigenvalue weighted by Gasteiger charge is 2.36. The van der Waals surface area contributed by atoms with Crippen molar-refractivity contribution in [2.24, 2.45) is 17.8 Å². The van der Waals surface area contributed by atoms with Gasteiger partial charge in [0.05, 0.1) is 0 Å². The zero-order chi connectivity index (χ0) is 16.2. The number of halogens is 1. The largest absolute Gasteiger partial charge is 0.300 e. The van der Waals surface area contributed by atoms with Crippen molar-refractivity contribution in [3.05, 3.63) is 59.2 Å². The first-order chi connectivity index (χ1) is 11.1. The molecule has 1 aromatic carbocycles. The molecular weight excluding hydrogens is 306 g/mol. The van der Waals surface area contributed by atoms with E-state index < -0.39 is 0 Å². The van der Waals surface area contributed by atoms with Crippen LogP contribution in [0.5, 0.6) is 0 Å². The van der Waals surface area contributed by atoms with Crippen molar-refractivity contribution in [2.45, 2.75) is 26.3 Å². The molecular formula is C20H24ClNO. The second-order valence-corrected chi connectivity index (χ2v) is 7.17. The Bertz CT molecular complexity index is 607. The Labute approximate surface area is 143 Å². The van der Waals surface area contributed by atoms with Crippen LogP contribution in [-0.4, -0.2) is 23.8 Å². The molecule has 0 amide bonds. The van der Waals surface area contributed by atoms with Gasteiger partial charge in [0.1, 0.15) is 5.78 Å². The number of likely N-dealkylation sites (tertiary alicyclic amines) is 1. The van der Waals surface area contributed by atoms with Crippen molar-refractivity contribution in [1.29, 1.82) is 0 Å². The summed E-state index contributed by atoms with van der Waals surface area (Å²) in [5, 5.41) is 0.817. The second kappa shape index (κ2) is 7.46. The fraction of sp³-hybridized carbons (Fsp3) is 0.450. The maximum Gasteiger partial charge on any atom is 0.133 e. The molecule has 1 aliphatic heterocycles. The molecule has 1 aliphatic carbocycles. The lowest BCUT2D eigenvalue weighted by Gasteiger charge is -2.41. The fourth-order valence-electron chi connectivity index (χ4n) is 3.90. The minimum atomic E-state index is 0.182. The summed E-state index contributed by atoms with van der Waals surface area (Å²) < 4.78 is 0. The predicted molar refractivity (Wildman–Crippen MR) is 95.2 cm³/mol. The molecule has 23 heavy (non-hydrogen) atoms. The van der Waals surface area contributed by atoms with E-state index >= 15 is 0 Å². The third-order valence-corrected chi connectivity index (χ3v) is 5.43. The van der Waals surface area contributed by atoms with Gasteiger partial charge in [-0.25, -0.2) is 0 Å². The van der Waals surface area contributed by atoms with Gasteiger partial charge in [0.2, 0.25) is 0 Å². The molecule has 0 N–H and O–H groups in total. The van der Waals surface area contributed by atoms with Crippen LogP contribution in [0.4, 0.5) is 0 Å². The lowest BCUT2D eigenvalue weighted by atomic mass is 9.73. The molecule has 2 nitrogen and oxygen atoms in total. The Morgan fingerprint density at radius 2 is 2.09 bits per heavy atom. The predicted octanol–water partition coefficient (Wildman–Crippen LogP) is 4.41. The highest BCUT2D eigenvalue weighted by Crippen LogP contribution is 2.36. The molecule has 122 valence electrons. The van der Waals surface area contributed by atoms with Crippen molar-refractivity contribution in [1.82, 2.24) is 4.90 Å². The summed E-state index contributed by atoms with van der Waals surface area (Å²) in [6.45, 7) is 4.71. The van der Waals surface area contributed by atoms with E-state index in [2.05, 4.69) is 47.4 Å². The number of hydrogen-bond acceptors (Lipinski definition) is 2. The standard InChI is InChI=1S/C20H24ClNO/c1-15(23)19-11-12-22(13-16-5-3-2-4-6-16)14-20(19)17-7-9-18(21)10-8-17/h2-7,9-10,17,19-20H,8,11-14H2,1H3/t17?,19?,20-/m1/s1. The number of allylic oxidation sites excluding steroid dienone is 4. The normalized spacial score (nSPS) is 28.4. The Morgan fingerprint density at radius 3 is 2.74 bits per heavy atom. The van der Waals surface area contributed by atoms with Gasteiger partial charge in [-0.1, -0.05) is 54.1 Å². The van der Waals surface area contributed by atoms with Gasteiger partial charge in [0.25, 0.3) is 0 Å². The molecule has 1 saturated heterocycles. The van der Waals surface area contributed by atoms with Crippen molar-refractivity contribution < 1.29 is 4.79 Å². The van der Waals surface area contributed by atoms with E-state index in [1.165, 1.54) is 5.56 Å². The van der Waals surface area contributed by atoms with E-state index in [-0.39, 0.29) is 5.92 Å². The SMILES string of the molecule is CC(=O)C1CCN(Cc2ccccc2)C[C@@H]1C1C=CC(Cl)=CC1. The van der Waals surface area contributed by atoms with Crippen LogP contribution in [0, 0.1) is 17.8 Å². The van der Waals surface area contributed by atoms with Gasteiger partial charge in [-0.15, -0.1) is 0 Å². The summed E-state index contributed by atoms with van der Waals surface area (Å²) >= 11 is 6.05. The molecule has 0 spiro atoms. The molecule has 2 aliphatic rings. The molecule has 0 aromatic heterocycles. The van der Waals surface area contributed by atoms with E-state index in [9.17, 15) is 4.79 Å². The maximum absolute atomic E-state index is 12.1. The van der Waals surface area contributed by atoms with Crippen molar-refractivity contribution in [3.63, 3.8) is 0 Å². The van der Waals surface area contributed by atoms with E-state index in [1.54, 1.807) is 6.92 Å². The van der Waals surface area contributed by atoms with Gasteiger partial charge in [0, 0.05) is 24.0 Å². The van der Waals surface area contributed by atoms with Crippen LogP contribution in [-0.2, 0) is 11.3 Å². The first-order valence-electron chi connectivity index (χ1n) is 8.44. The van der Waals surface area contributed by atoms with Gasteiger partial charge in [-0.05, 0) is 49.8 Å². The van der Waals surface area contributed by atoms with E-state index in [1.807, 2.05) is 6.08 Å². The Morgan fingerprint density at radius 1 is 1.30 bits per heavy atom. The van der Waals surface area contributed by atoms with Crippen LogP contribution < -0.4 is 0 Å². The zero-order valence-electron chi connectivity index (χ0n) is 13.6. The van der Waals surface area contributed by atoms with Crippen LogP contribution in [0.15, 0.2) is 53.6 Å². The minimum absolute atomic E-state index is 0.182. The molecule has 3 heteroatoms. The van der Waals surface area contributed by atoms with E-state index in [0.29, 0.717) is 17.6 Å². The average Bonchev–Trinajstić information content (AvgIpc) is 2.56. The Hall–Kier alpha value is -1.38. The number of piperidine rings is 1. The molecule has 0 radical (unpaired) electrons. The van der Waals surface area contributed by atoms with Gasteiger partial charge in [-0.2, -0.15) is 0 Å². The van der Waals surface area contributed by atoms with Crippen molar-refractivity contribution in [3.8, 4) is 0 Å². The average molecular weight is 330 g/mol. The topological polar surface area (TPSA) is 20.3 Å². The fourth-order valence-corrected chi connectivity index (χ4v) is 4.07. The van der Waals surface area contributed by atoms with Gasteiger partial charge >= 0.3 is 0 Å². The third-order valence-electron chi connectivity index (χ3n) is 5.15. The Balaban J connectivity index is 1.71. The van der Waals surface area contributed by atoms with Gasteiger partial charge in [-0.3, -0.25) is 9.69 Å². The number of ketones is 1. The zero-order valence-corrected chi connectivity index (χ0v) is 14.4. The summed E-state index contributed by atoms with van der Waals surface area (Å²) in [6.07, 6.45) is 8.19. The molecule has 3 atom stereocenters. The van der Waals surface area contributed by atoms with Crippen LogP contribution in [0.2, 0.25) is 0 Å². The van der Waals surface area contributed by atoms with E-state index in [4.69, 9.17) is 11.6 Å². The summed E-state index contributed by atoms with van der Waals surface area (Å²) in [5.41, 5.74) is 1.34. The highest BCUT2D eigenvalue weighted by atomic mass is 35.5. The maximum atomic E-state index is 12.1. The number of carbonyl (C=O) groups is 1. The number of rotatable bonds is 4. The Kier molecular flexibility index (Phi) is 5.34. The number of Topliss-reactive ketones (excluding diaryl/α,β-unsaturated/α-hetero) is 1. The molecule has 1 heterocycles. The summed E-state index contributed by atoms with van der Waals surface area (Å²) in [6, 6.07) is 10.6. The number of carbonyl (C=O) groups excluding carboxylic acids is 1. The van der Waals surface area contributed by atoms with Crippen molar-refractivity contribution >= 4 is 17.4 Å².